The molecule has 0 unspecified atom stereocenters. The van der Waals surface area contributed by atoms with Crippen molar-refractivity contribution in [2.45, 2.75) is 44.9 Å². The van der Waals surface area contributed by atoms with E-state index in [1.165, 1.54) is 12.1 Å². The first-order chi connectivity index (χ1) is 14.0. The summed E-state index contributed by atoms with van der Waals surface area (Å²) in [4.78, 5) is 23.0. The van der Waals surface area contributed by atoms with Gasteiger partial charge in [-0.2, -0.15) is 13.2 Å². The van der Waals surface area contributed by atoms with Crippen molar-refractivity contribution in [1.29, 1.82) is 0 Å². The summed E-state index contributed by atoms with van der Waals surface area (Å²) in [6.07, 6.45) is -4.03. The molecule has 0 amide bonds. The zero-order valence-electron chi connectivity index (χ0n) is 16.6. The first kappa shape index (κ1) is 23.4. The fourth-order valence-corrected chi connectivity index (χ4v) is 3.09. The predicted octanol–water partition coefficient (Wildman–Crippen LogP) is 4.46. The van der Waals surface area contributed by atoms with Gasteiger partial charge in [-0.15, -0.1) is 0 Å². The third kappa shape index (κ3) is 6.59. The van der Waals surface area contributed by atoms with Crippen molar-refractivity contribution >= 4 is 11.9 Å². The molecule has 0 saturated heterocycles. The predicted molar refractivity (Wildman–Crippen MR) is 106 cm³/mol. The van der Waals surface area contributed by atoms with Crippen molar-refractivity contribution in [2.75, 3.05) is 0 Å². The van der Waals surface area contributed by atoms with E-state index >= 15 is 0 Å². The summed E-state index contributed by atoms with van der Waals surface area (Å²) < 4.78 is 38.0. The van der Waals surface area contributed by atoms with Crippen LogP contribution in [0.1, 0.15) is 31.4 Å². The zero-order chi connectivity index (χ0) is 22.5. The second-order valence-corrected chi connectivity index (χ2v) is 7.55. The number of alkyl halides is 3. The Morgan fingerprint density at radius 1 is 0.867 bits per heavy atom. The van der Waals surface area contributed by atoms with Gasteiger partial charge >= 0.3 is 18.1 Å². The van der Waals surface area contributed by atoms with Crippen LogP contribution in [-0.2, 0) is 22.2 Å². The molecular weight excluding hydrogens is 399 g/mol. The topological polar surface area (TPSA) is 86.6 Å². The SMILES string of the molecule is CC(C)C[C@H](N[C@@H](Cc1ccc(-c2ccc(C(F)(F)F)cc2)cc1)C(=O)O)C(=O)O. The monoisotopic (exact) mass is 423 g/mol. The van der Waals surface area contributed by atoms with Gasteiger partial charge in [0.25, 0.3) is 0 Å². The highest BCUT2D eigenvalue weighted by molar-refractivity contribution is 5.77. The number of hydrogen-bond acceptors (Lipinski definition) is 3. The quantitative estimate of drug-likeness (QED) is 0.555. The molecule has 3 N–H and O–H groups in total. The molecule has 5 nitrogen and oxygen atoms in total. The van der Waals surface area contributed by atoms with E-state index in [4.69, 9.17) is 0 Å². The van der Waals surface area contributed by atoms with Gasteiger partial charge in [0.15, 0.2) is 0 Å². The maximum absolute atomic E-state index is 12.7. The van der Waals surface area contributed by atoms with E-state index in [0.29, 0.717) is 23.1 Å². The van der Waals surface area contributed by atoms with Gasteiger partial charge in [0.1, 0.15) is 12.1 Å². The zero-order valence-corrected chi connectivity index (χ0v) is 16.6. The Balaban J connectivity index is 2.12. The molecule has 2 aromatic carbocycles. The molecule has 0 aliphatic carbocycles. The van der Waals surface area contributed by atoms with Crippen LogP contribution >= 0.6 is 0 Å². The highest BCUT2D eigenvalue weighted by Gasteiger charge is 2.30. The first-order valence-corrected chi connectivity index (χ1v) is 9.45. The van der Waals surface area contributed by atoms with Crippen LogP contribution in [0.4, 0.5) is 13.2 Å². The third-order valence-electron chi connectivity index (χ3n) is 4.64. The minimum absolute atomic E-state index is 0.0739. The third-order valence-corrected chi connectivity index (χ3v) is 4.64. The summed E-state index contributed by atoms with van der Waals surface area (Å²) in [5.41, 5.74) is 1.23. The number of aliphatic carboxylic acids is 2. The summed E-state index contributed by atoms with van der Waals surface area (Å²) in [5, 5.41) is 21.5. The highest BCUT2D eigenvalue weighted by Crippen LogP contribution is 2.31. The molecule has 8 heteroatoms. The molecule has 0 aliphatic heterocycles. The Bertz CT molecular complexity index is 861. The minimum atomic E-state index is -4.40. The van der Waals surface area contributed by atoms with Crippen molar-refractivity contribution in [3.63, 3.8) is 0 Å². The number of carboxylic acid groups (broad SMARTS) is 2. The molecule has 0 radical (unpaired) electrons. The molecule has 0 heterocycles. The maximum atomic E-state index is 12.7. The lowest BCUT2D eigenvalue weighted by molar-refractivity contribution is -0.143. The second kappa shape index (κ2) is 9.75. The van der Waals surface area contributed by atoms with E-state index < -0.39 is 35.8 Å². The summed E-state index contributed by atoms with van der Waals surface area (Å²) >= 11 is 0. The van der Waals surface area contributed by atoms with Crippen molar-refractivity contribution in [2.24, 2.45) is 5.92 Å². The molecule has 0 saturated carbocycles. The normalized spacial score (nSPS) is 13.8. The van der Waals surface area contributed by atoms with Crippen molar-refractivity contribution in [3.8, 4) is 11.1 Å². The lowest BCUT2D eigenvalue weighted by Crippen LogP contribution is -2.48. The van der Waals surface area contributed by atoms with Gasteiger partial charge in [-0.1, -0.05) is 50.2 Å². The number of carbonyl (C=O) groups is 2. The van der Waals surface area contributed by atoms with Crippen LogP contribution in [-0.4, -0.2) is 34.2 Å². The molecular formula is C22H24F3NO4. The standard InChI is InChI=1S/C22H24F3NO4/c1-13(2)11-18(20(27)28)26-19(21(29)30)12-14-3-5-15(6-4-14)16-7-9-17(10-8-16)22(23,24)25/h3-10,13,18-19,26H,11-12H2,1-2H3,(H,27,28)(H,29,30)/t18-,19-/m0/s1. The van der Waals surface area contributed by atoms with Gasteiger partial charge in [0.05, 0.1) is 5.56 Å². The van der Waals surface area contributed by atoms with Gasteiger partial charge in [-0.05, 0) is 47.6 Å². The summed E-state index contributed by atoms with van der Waals surface area (Å²) in [5.74, 6) is -2.18. The van der Waals surface area contributed by atoms with Gasteiger partial charge in [0, 0.05) is 0 Å². The van der Waals surface area contributed by atoms with E-state index in [9.17, 15) is 33.0 Å². The van der Waals surface area contributed by atoms with Gasteiger partial charge in [-0.25, -0.2) is 0 Å². The average molecular weight is 423 g/mol. The molecule has 0 aromatic heterocycles. The van der Waals surface area contributed by atoms with Gasteiger partial charge < -0.3 is 10.2 Å². The Hall–Kier alpha value is -2.87. The molecule has 2 atom stereocenters. The second-order valence-electron chi connectivity index (χ2n) is 7.55. The van der Waals surface area contributed by atoms with Crippen LogP contribution in [0.5, 0.6) is 0 Å². The van der Waals surface area contributed by atoms with Crippen LogP contribution in [0, 0.1) is 5.92 Å². The van der Waals surface area contributed by atoms with Crippen LogP contribution in [0.2, 0.25) is 0 Å². The summed E-state index contributed by atoms with van der Waals surface area (Å²) in [6, 6.07) is 9.47. The Morgan fingerprint density at radius 3 is 1.73 bits per heavy atom. The van der Waals surface area contributed by atoms with Crippen LogP contribution < -0.4 is 5.32 Å². The van der Waals surface area contributed by atoms with Crippen LogP contribution in [0.25, 0.3) is 11.1 Å². The van der Waals surface area contributed by atoms with Crippen LogP contribution in [0.3, 0.4) is 0 Å². The van der Waals surface area contributed by atoms with E-state index in [-0.39, 0.29) is 12.3 Å². The molecule has 2 rings (SSSR count). The fourth-order valence-electron chi connectivity index (χ4n) is 3.09. The number of rotatable bonds is 9. The number of benzene rings is 2. The number of hydrogen-bond donors (Lipinski definition) is 3. The van der Waals surface area contributed by atoms with E-state index in [2.05, 4.69) is 5.32 Å². The minimum Gasteiger partial charge on any atom is -0.480 e. The fraction of sp³-hybridized carbons (Fsp3) is 0.364. The van der Waals surface area contributed by atoms with Crippen molar-refractivity contribution in [1.82, 2.24) is 5.32 Å². The Morgan fingerprint density at radius 2 is 1.33 bits per heavy atom. The molecule has 0 bridgehead atoms. The number of halogens is 3. The Labute approximate surface area is 172 Å². The molecule has 0 spiro atoms. The average Bonchev–Trinajstić information content (AvgIpc) is 2.66. The smallest absolute Gasteiger partial charge is 0.416 e. The van der Waals surface area contributed by atoms with Crippen molar-refractivity contribution in [3.05, 3.63) is 59.7 Å². The molecule has 0 aliphatic rings. The first-order valence-electron chi connectivity index (χ1n) is 9.45. The number of nitrogens with one attached hydrogen (secondary N) is 1. The lowest BCUT2D eigenvalue weighted by atomic mass is 9.98. The maximum Gasteiger partial charge on any atom is 0.416 e. The molecule has 162 valence electrons. The summed E-state index contributed by atoms with van der Waals surface area (Å²) in [7, 11) is 0. The van der Waals surface area contributed by atoms with Crippen LogP contribution in [0.15, 0.2) is 48.5 Å². The van der Waals surface area contributed by atoms with E-state index in [1.54, 1.807) is 24.3 Å². The molecule has 0 fully saturated rings. The van der Waals surface area contributed by atoms with E-state index in [1.807, 2.05) is 13.8 Å². The van der Waals surface area contributed by atoms with Crippen molar-refractivity contribution < 1.29 is 33.0 Å². The molecule has 2 aromatic rings. The van der Waals surface area contributed by atoms with Gasteiger partial charge in [0.2, 0.25) is 0 Å². The highest BCUT2D eigenvalue weighted by atomic mass is 19.4. The Kier molecular flexibility index (Phi) is 7.61. The van der Waals surface area contributed by atoms with E-state index in [0.717, 1.165) is 12.1 Å². The molecule has 30 heavy (non-hydrogen) atoms. The summed E-state index contributed by atoms with van der Waals surface area (Å²) in [6.45, 7) is 3.71. The largest absolute Gasteiger partial charge is 0.480 e. The van der Waals surface area contributed by atoms with Gasteiger partial charge in [-0.3, -0.25) is 14.9 Å². The number of carboxylic acids is 2. The lowest BCUT2D eigenvalue weighted by Gasteiger charge is -2.22.